The van der Waals surface area contributed by atoms with E-state index in [1.807, 2.05) is 49.4 Å². The van der Waals surface area contributed by atoms with Gasteiger partial charge >= 0.3 is 11.9 Å². The monoisotopic (exact) mass is 609 g/mol. The Balaban J connectivity index is 1.36. The van der Waals surface area contributed by atoms with Gasteiger partial charge in [0.15, 0.2) is 0 Å². The van der Waals surface area contributed by atoms with Crippen LogP contribution in [0.25, 0.3) is 11.1 Å². The van der Waals surface area contributed by atoms with Gasteiger partial charge in [0.25, 0.3) is 0 Å². The van der Waals surface area contributed by atoms with Crippen LogP contribution in [-0.2, 0) is 33.8 Å². The molecule has 0 atom stereocenters. The summed E-state index contributed by atoms with van der Waals surface area (Å²) in [6.07, 6.45) is 2.88. The number of hydrogen-bond donors (Lipinski definition) is 0. The molecule has 45 heavy (non-hydrogen) atoms. The molecule has 0 spiro atoms. The lowest BCUT2D eigenvalue weighted by Crippen LogP contribution is -2.27. The molecular weight excluding hydrogens is 566 g/mol. The fourth-order valence-electron chi connectivity index (χ4n) is 5.10. The molecule has 0 aromatic heterocycles. The van der Waals surface area contributed by atoms with E-state index in [4.69, 9.17) is 18.9 Å². The second-order valence-corrected chi connectivity index (χ2v) is 10.8. The molecule has 0 radical (unpaired) electrons. The number of nitrogens with zero attached hydrogens (tertiary/aromatic N) is 1. The summed E-state index contributed by atoms with van der Waals surface area (Å²) in [4.78, 5) is 26.1. The van der Waals surface area contributed by atoms with E-state index in [2.05, 4.69) is 47.4 Å². The first-order valence-electron chi connectivity index (χ1n) is 15.5. The van der Waals surface area contributed by atoms with Gasteiger partial charge in [-0.15, -0.1) is 0 Å². The number of carbonyl (C=O) groups is 2. The van der Waals surface area contributed by atoms with Crippen LogP contribution in [0.15, 0.2) is 97.1 Å². The molecule has 0 aliphatic rings. The van der Waals surface area contributed by atoms with Gasteiger partial charge in [-0.1, -0.05) is 66.7 Å². The number of esters is 2. The summed E-state index contributed by atoms with van der Waals surface area (Å²) < 4.78 is 21.5. The first-order chi connectivity index (χ1) is 22.0. The summed E-state index contributed by atoms with van der Waals surface area (Å²) in [6, 6.07) is 32.2. The molecule has 0 aliphatic heterocycles. The number of hydrogen-bond acceptors (Lipinski definition) is 7. The summed E-state index contributed by atoms with van der Waals surface area (Å²) >= 11 is 0. The van der Waals surface area contributed by atoms with E-state index < -0.39 is 0 Å². The topological polar surface area (TPSA) is 74.3 Å². The molecule has 7 heteroatoms. The maximum Gasteiger partial charge on any atom is 0.337 e. The molecule has 0 bridgehead atoms. The van der Waals surface area contributed by atoms with Crippen LogP contribution in [0, 0.1) is 0 Å². The van der Waals surface area contributed by atoms with Crippen LogP contribution in [0.5, 0.6) is 11.5 Å². The number of ether oxygens (including phenoxy) is 4. The van der Waals surface area contributed by atoms with Gasteiger partial charge in [0.05, 0.1) is 26.4 Å². The van der Waals surface area contributed by atoms with E-state index in [1.54, 1.807) is 19.2 Å². The highest BCUT2D eigenvalue weighted by atomic mass is 16.5. The van der Waals surface area contributed by atoms with Gasteiger partial charge in [-0.25, -0.2) is 4.79 Å². The molecule has 0 aliphatic carbocycles. The van der Waals surface area contributed by atoms with Gasteiger partial charge in [-0.3, -0.25) is 9.69 Å². The Morgan fingerprint density at radius 3 is 2.07 bits per heavy atom. The zero-order valence-electron chi connectivity index (χ0n) is 26.5. The molecule has 0 amide bonds. The van der Waals surface area contributed by atoms with Crippen LogP contribution in [0.4, 0.5) is 0 Å². The fourth-order valence-corrected chi connectivity index (χ4v) is 5.10. The average Bonchev–Trinajstić information content (AvgIpc) is 3.08. The molecule has 7 nitrogen and oxygen atoms in total. The predicted molar refractivity (Wildman–Crippen MR) is 176 cm³/mol. The average molecular weight is 610 g/mol. The third-order valence-electron chi connectivity index (χ3n) is 7.63. The predicted octanol–water partition coefficient (Wildman–Crippen LogP) is 7.51. The highest BCUT2D eigenvalue weighted by molar-refractivity contribution is 5.89. The molecule has 0 fully saturated rings. The Kier molecular flexibility index (Phi) is 13.0. The Morgan fingerprint density at radius 1 is 0.733 bits per heavy atom. The molecule has 0 saturated carbocycles. The van der Waals surface area contributed by atoms with E-state index in [1.165, 1.54) is 7.11 Å². The fraction of sp³-hybridized carbons (Fsp3) is 0.316. The summed E-state index contributed by atoms with van der Waals surface area (Å²) in [6.45, 7) is 5.08. The SMILES string of the molecule is CCOC(=O)CCCCN(CCc1ccccc1OCc1ccc(-c2ccc(OC)cc2)cc1)Cc1ccc(C(=O)OC)cc1. The third-order valence-corrected chi connectivity index (χ3v) is 7.63. The second kappa shape index (κ2) is 17.6. The molecular formula is C38H43NO6. The second-order valence-electron chi connectivity index (χ2n) is 10.8. The largest absolute Gasteiger partial charge is 0.497 e. The zero-order valence-corrected chi connectivity index (χ0v) is 26.5. The lowest BCUT2D eigenvalue weighted by atomic mass is 10.0. The van der Waals surface area contributed by atoms with Crippen molar-refractivity contribution in [3.63, 3.8) is 0 Å². The molecule has 0 saturated heterocycles. The minimum atomic E-state index is -0.345. The summed E-state index contributed by atoms with van der Waals surface area (Å²) in [7, 11) is 3.05. The first kappa shape index (κ1) is 33.3. The summed E-state index contributed by atoms with van der Waals surface area (Å²) in [5, 5.41) is 0. The lowest BCUT2D eigenvalue weighted by molar-refractivity contribution is -0.143. The first-order valence-corrected chi connectivity index (χ1v) is 15.5. The number of carbonyl (C=O) groups excluding carboxylic acids is 2. The molecule has 0 N–H and O–H groups in total. The standard InChI is InChI=1S/C38H43NO6/c1-4-44-37(40)11-7-8-25-39(27-29-12-18-34(19-13-29)38(41)43-3)26-24-33-9-5-6-10-36(33)45-28-30-14-16-31(17-15-30)32-20-22-35(42-2)23-21-32/h5-6,9-10,12-23H,4,7-8,11,24-28H2,1-3H3. The van der Waals surface area contributed by atoms with Crippen molar-refractivity contribution in [1.82, 2.24) is 4.90 Å². The number of benzene rings is 4. The zero-order chi connectivity index (χ0) is 31.9. The van der Waals surface area contributed by atoms with Crippen LogP contribution in [-0.4, -0.2) is 50.8 Å². The van der Waals surface area contributed by atoms with Crippen molar-refractivity contribution in [3.8, 4) is 22.6 Å². The van der Waals surface area contributed by atoms with Crippen molar-refractivity contribution in [3.05, 3.63) is 119 Å². The van der Waals surface area contributed by atoms with Gasteiger partial charge in [0, 0.05) is 19.5 Å². The Hall–Kier alpha value is -4.62. The Bertz CT molecular complexity index is 1480. The highest BCUT2D eigenvalue weighted by Crippen LogP contribution is 2.24. The summed E-state index contributed by atoms with van der Waals surface area (Å²) in [5.41, 5.74) is 6.16. The van der Waals surface area contributed by atoms with Gasteiger partial charge in [0.2, 0.25) is 0 Å². The van der Waals surface area contributed by atoms with Crippen LogP contribution >= 0.6 is 0 Å². The maximum atomic E-state index is 11.9. The quantitative estimate of drug-likeness (QED) is 0.0906. The third kappa shape index (κ3) is 10.5. The van der Waals surface area contributed by atoms with E-state index in [0.29, 0.717) is 25.2 Å². The minimum absolute atomic E-state index is 0.149. The van der Waals surface area contributed by atoms with Crippen molar-refractivity contribution in [2.24, 2.45) is 0 Å². The van der Waals surface area contributed by atoms with Gasteiger partial charge < -0.3 is 18.9 Å². The van der Waals surface area contributed by atoms with Crippen LogP contribution < -0.4 is 9.47 Å². The van der Waals surface area contributed by atoms with Crippen molar-refractivity contribution in [1.29, 1.82) is 0 Å². The number of unbranched alkanes of at least 4 members (excludes halogenated alkanes) is 1. The molecule has 0 unspecified atom stereocenters. The van der Waals surface area contributed by atoms with E-state index in [-0.39, 0.29) is 11.9 Å². The van der Waals surface area contributed by atoms with Crippen molar-refractivity contribution in [2.75, 3.05) is 33.9 Å². The molecule has 0 heterocycles. The molecule has 4 aromatic rings. The van der Waals surface area contributed by atoms with Gasteiger partial charge in [-0.05, 0) is 90.9 Å². The van der Waals surface area contributed by atoms with E-state index >= 15 is 0 Å². The number of para-hydroxylation sites is 1. The Morgan fingerprint density at radius 2 is 1.40 bits per heavy atom. The van der Waals surface area contributed by atoms with Crippen LogP contribution in [0.3, 0.4) is 0 Å². The van der Waals surface area contributed by atoms with Crippen molar-refractivity contribution < 1.29 is 28.5 Å². The van der Waals surface area contributed by atoms with E-state index in [9.17, 15) is 9.59 Å². The highest BCUT2D eigenvalue weighted by Gasteiger charge is 2.12. The summed E-state index contributed by atoms with van der Waals surface area (Å²) in [5.74, 6) is 1.22. The van der Waals surface area contributed by atoms with Crippen LogP contribution in [0.1, 0.15) is 53.2 Å². The van der Waals surface area contributed by atoms with Gasteiger partial charge in [-0.2, -0.15) is 0 Å². The van der Waals surface area contributed by atoms with Crippen LogP contribution in [0.2, 0.25) is 0 Å². The lowest BCUT2D eigenvalue weighted by Gasteiger charge is -2.23. The Labute approximate surface area is 266 Å². The van der Waals surface area contributed by atoms with Crippen molar-refractivity contribution >= 4 is 11.9 Å². The van der Waals surface area contributed by atoms with Crippen molar-refractivity contribution in [2.45, 2.75) is 45.8 Å². The minimum Gasteiger partial charge on any atom is -0.497 e. The smallest absolute Gasteiger partial charge is 0.337 e. The van der Waals surface area contributed by atoms with E-state index in [0.717, 1.165) is 78.2 Å². The maximum absolute atomic E-state index is 11.9. The number of rotatable bonds is 17. The molecule has 4 rings (SSSR count). The molecule has 4 aromatic carbocycles. The van der Waals surface area contributed by atoms with Gasteiger partial charge in [0.1, 0.15) is 18.1 Å². The number of methoxy groups -OCH3 is 2. The normalized spacial score (nSPS) is 10.8. The molecule has 236 valence electrons.